The molecule has 1 rings (SSSR count). The summed E-state index contributed by atoms with van der Waals surface area (Å²) >= 11 is 0. The van der Waals surface area contributed by atoms with Gasteiger partial charge in [-0.15, -0.1) is 0 Å². The van der Waals surface area contributed by atoms with Crippen molar-refractivity contribution in [2.45, 2.75) is 19.3 Å². The van der Waals surface area contributed by atoms with Crippen LogP contribution < -0.4 is 16.6 Å². The van der Waals surface area contributed by atoms with Crippen LogP contribution in [0, 0.1) is 0 Å². The zero-order valence-electron chi connectivity index (χ0n) is 16.3. The lowest BCUT2D eigenvalue weighted by molar-refractivity contribution is -0.124. The molecule has 3 atom stereocenters. The number of hydrogen-bond donors (Lipinski definition) is 3. The first-order valence-corrected chi connectivity index (χ1v) is 10.8. The van der Waals surface area contributed by atoms with Gasteiger partial charge in [-0.25, -0.2) is 4.79 Å². The third kappa shape index (κ3) is 9.98. The van der Waals surface area contributed by atoms with Crippen LogP contribution in [0.4, 0.5) is 0 Å². The fraction of sp³-hybridized carbons (Fsp3) is 0.625. The number of amides is 1. The maximum atomic E-state index is 12.1. The Kier molecular flexibility index (Phi) is 10.4. The van der Waals surface area contributed by atoms with Crippen molar-refractivity contribution in [2.24, 2.45) is 0 Å². The van der Waals surface area contributed by atoms with Crippen molar-refractivity contribution in [3.8, 4) is 0 Å². The summed E-state index contributed by atoms with van der Waals surface area (Å²) in [4.78, 5) is 46.6. The van der Waals surface area contributed by atoms with Crippen molar-refractivity contribution < 1.29 is 28.4 Å². The van der Waals surface area contributed by atoms with E-state index in [9.17, 15) is 19.3 Å². The van der Waals surface area contributed by atoms with Gasteiger partial charge in [0.05, 0.1) is 26.4 Å². The van der Waals surface area contributed by atoms with Crippen LogP contribution in [0.1, 0.15) is 13.2 Å². The number of carbonyl (C=O) groups excluding carboxylic acids is 1. The smallest absolute Gasteiger partial charge is 0.330 e. The minimum Gasteiger partial charge on any atom is -0.382 e. The number of rotatable bonds is 13. The van der Waals surface area contributed by atoms with Gasteiger partial charge in [-0.3, -0.25) is 19.1 Å². The normalized spacial score (nSPS) is 15.6. The molecule has 28 heavy (non-hydrogen) atoms. The number of aromatic amines is 1. The van der Waals surface area contributed by atoms with Gasteiger partial charge >= 0.3 is 5.69 Å². The summed E-state index contributed by atoms with van der Waals surface area (Å²) in [6.07, 6.45) is 3.19. The number of nitrogens with one attached hydrogen (secondary N) is 2. The van der Waals surface area contributed by atoms with Crippen molar-refractivity contribution in [2.75, 3.05) is 46.7 Å². The predicted molar refractivity (Wildman–Crippen MR) is 105 cm³/mol. The highest BCUT2D eigenvalue weighted by molar-refractivity contribution is 7.62. The monoisotopic (exact) mass is 421 g/mol. The molecule has 1 aromatic heterocycles. The first-order chi connectivity index (χ1) is 13.1. The van der Waals surface area contributed by atoms with E-state index >= 15 is 0 Å². The van der Waals surface area contributed by atoms with E-state index < -0.39 is 30.9 Å². The number of ether oxygens (including phenoxy) is 3. The zero-order valence-corrected chi connectivity index (χ0v) is 17.1. The summed E-state index contributed by atoms with van der Waals surface area (Å²) in [7, 11) is -1.26. The second-order valence-electron chi connectivity index (χ2n) is 6.08. The molecule has 0 saturated carbocycles. The van der Waals surface area contributed by atoms with Gasteiger partial charge in [-0.2, -0.15) is 0 Å². The summed E-state index contributed by atoms with van der Waals surface area (Å²) in [6.45, 7) is 3.39. The van der Waals surface area contributed by atoms with Crippen molar-refractivity contribution >= 4 is 19.5 Å². The van der Waals surface area contributed by atoms with Crippen LogP contribution in [0.25, 0.3) is 0 Å². The molecule has 1 unspecified atom stereocenters. The molecule has 3 N–H and O–H groups in total. The average molecular weight is 421 g/mol. The Morgan fingerprint density at radius 3 is 2.68 bits per heavy atom. The van der Waals surface area contributed by atoms with E-state index in [1.807, 2.05) is 0 Å². The third-order valence-corrected chi connectivity index (χ3v) is 4.03. The molecular formula is C16H28N3O8P. The first-order valence-electron chi connectivity index (χ1n) is 8.48. The molecule has 1 amide bonds. The number of aromatic nitrogens is 2. The Labute approximate surface area is 162 Å². The van der Waals surface area contributed by atoms with E-state index in [-0.39, 0.29) is 32.3 Å². The van der Waals surface area contributed by atoms with E-state index in [0.717, 1.165) is 4.57 Å². The lowest BCUT2D eigenvalue weighted by Gasteiger charge is -2.27. The van der Waals surface area contributed by atoms with Gasteiger partial charge < -0.3 is 28.9 Å². The van der Waals surface area contributed by atoms with Gasteiger partial charge in [0.2, 0.25) is 5.91 Å². The van der Waals surface area contributed by atoms with E-state index in [1.54, 1.807) is 0 Å². The molecule has 1 heterocycles. The van der Waals surface area contributed by atoms with Crippen LogP contribution in [0.2, 0.25) is 0 Å². The van der Waals surface area contributed by atoms with Gasteiger partial charge in [0.1, 0.15) is 13.4 Å². The average Bonchev–Trinajstić information content (AvgIpc) is 2.59. The Hall–Kier alpha value is -1.75. The molecule has 0 saturated heterocycles. The van der Waals surface area contributed by atoms with Crippen LogP contribution in [-0.4, -0.2) is 79.5 Å². The summed E-state index contributed by atoms with van der Waals surface area (Å²) in [5, 5.41) is 2.60. The summed E-state index contributed by atoms with van der Waals surface area (Å²) in [5.74, 6) is -0.279. The minimum absolute atomic E-state index is 0.0260. The first kappa shape index (κ1) is 24.3. The van der Waals surface area contributed by atoms with Gasteiger partial charge in [-0.1, -0.05) is 6.30 Å². The van der Waals surface area contributed by atoms with Gasteiger partial charge in [0.25, 0.3) is 5.56 Å². The highest BCUT2D eigenvalue weighted by Gasteiger charge is 2.22. The molecular weight excluding hydrogens is 393 g/mol. The van der Waals surface area contributed by atoms with Crippen LogP contribution >= 0.6 is 7.34 Å². The number of hydrogen-bond acceptors (Lipinski definition) is 8. The third-order valence-electron chi connectivity index (χ3n) is 3.32. The van der Waals surface area contributed by atoms with E-state index in [4.69, 9.17) is 18.7 Å². The summed E-state index contributed by atoms with van der Waals surface area (Å²) in [5.41, 5.74) is -1.22. The molecule has 0 radical (unpaired) electrons. The fourth-order valence-electron chi connectivity index (χ4n) is 2.04. The van der Waals surface area contributed by atoms with E-state index in [1.165, 1.54) is 33.0 Å². The van der Waals surface area contributed by atoms with Crippen LogP contribution in [-0.2, 0) is 23.5 Å². The second kappa shape index (κ2) is 11.9. The number of methoxy groups -OCH3 is 1. The number of carbonyl (C=O) groups is 1. The van der Waals surface area contributed by atoms with Crippen LogP contribution in [0.3, 0.4) is 0 Å². The lowest BCUT2D eigenvalue weighted by atomic mass is 10.3. The highest BCUT2D eigenvalue weighted by Crippen LogP contribution is 2.36. The Bertz CT molecular complexity index is 772. The molecule has 0 bridgehead atoms. The molecule has 1 aromatic rings. The molecule has 0 aromatic carbocycles. The molecule has 0 aliphatic rings. The van der Waals surface area contributed by atoms with Crippen LogP contribution in [0.15, 0.2) is 21.9 Å². The molecule has 0 fully saturated rings. The van der Waals surface area contributed by atoms with Crippen molar-refractivity contribution in [1.82, 2.24) is 14.9 Å². The van der Waals surface area contributed by atoms with Gasteiger partial charge in [-0.05, 0) is 0 Å². The molecule has 160 valence electrons. The lowest BCUT2D eigenvalue weighted by Crippen LogP contribution is -2.41. The SMILES string of the molecule is C=P(C)(O)OC[C@@H](CNC(C)=O)O[C@H](COCCOC)n1ccc(=O)[nH]c1=O. The van der Waals surface area contributed by atoms with Crippen molar-refractivity contribution in [3.05, 3.63) is 33.1 Å². The van der Waals surface area contributed by atoms with Crippen molar-refractivity contribution in [1.29, 1.82) is 0 Å². The maximum Gasteiger partial charge on any atom is 0.330 e. The van der Waals surface area contributed by atoms with Crippen LogP contribution in [0.5, 0.6) is 0 Å². The Morgan fingerprint density at radius 1 is 1.39 bits per heavy atom. The maximum absolute atomic E-state index is 12.1. The van der Waals surface area contributed by atoms with Gasteiger partial charge in [0.15, 0.2) is 6.23 Å². The highest BCUT2D eigenvalue weighted by atomic mass is 31.2. The largest absolute Gasteiger partial charge is 0.382 e. The summed E-state index contributed by atoms with van der Waals surface area (Å²) < 4.78 is 22.8. The minimum atomic E-state index is -2.79. The molecule has 0 aliphatic heterocycles. The molecule has 0 aliphatic carbocycles. The van der Waals surface area contributed by atoms with E-state index in [2.05, 4.69) is 16.6 Å². The molecule has 0 spiro atoms. The number of nitrogens with zero attached hydrogens (tertiary/aromatic N) is 1. The predicted octanol–water partition coefficient (Wildman–Crippen LogP) is -0.862. The summed E-state index contributed by atoms with van der Waals surface area (Å²) in [6, 6.07) is 1.18. The van der Waals surface area contributed by atoms with Gasteiger partial charge in [0, 0.05) is 39.5 Å². The standard InChI is InChI=1S/C16H28N3O8P/c1-12(20)17-9-13(10-26-28(3,4)23)27-15(11-25-8-7-24-2)19-6-5-14(21)18-16(19)22/h5-6,13,15,23H,3,7-11H2,1-2,4H3,(H,17,20)(H,18,21,22)/t13-,15-,28?/m1/s1. The van der Waals surface area contributed by atoms with Crippen molar-refractivity contribution in [3.63, 3.8) is 0 Å². The van der Waals surface area contributed by atoms with E-state index in [0.29, 0.717) is 6.61 Å². The molecule has 12 heteroatoms. The topological polar surface area (TPSA) is 141 Å². The Morgan fingerprint density at radius 2 is 2.11 bits per heavy atom. The quantitative estimate of drug-likeness (QED) is 0.276. The number of H-pyrrole nitrogens is 1. The zero-order chi connectivity index (χ0) is 21.2. The fourth-order valence-corrected chi connectivity index (χ4v) is 2.52. The molecule has 11 nitrogen and oxygen atoms in total. The second-order valence-corrected chi connectivity index (χ2v) is 8.44. The Balaban J connectivity index is 2.98.